The number of furan rings is 1. The molecule has 1 amide bonds. The summed E-state index contributed by atoms with van der Waals surface area (Å²) in [6, 6.07) is 3.37. The maximum absolute atomic E-state index is 12.2. The predicted molar refractivity (Wildman–Crippen MR) is 79.4 cm³/mol. The number of rotatable bonds is 7. The van der Waals surface area contributed by atoms with Gasteiger partial charge in [0.05, 0.1) is 31.6 Å². The summed E-state index contributed by atoms with van der Waals surface area (Å²) in [7, 11) is 0. The third-order valence-corrected chi connectivity index (χ3v) is 3.79. The highest BCUT2D eigenvalue weighted by Crippen LogP contribution is 2.16. The van der Waals surface area contributed by atoms with Crippen LogP contribution in [0.25, 0.3) is 0 Å². The number of ether oxygens (including phenoxy) is 2. The first-order valence-corrected chi connectivity index (χ1v) is 8.32. The molecule has 2 N–H and O–H groups in total. The molecule has 0 spiro atoms. The maximum Gasteiger partial charge on any atom is 0.287 e. The van der Waals surface area contributed by atoms with E-state index in [2.05, 4.69) is 5.32 Å². The Bertz CT molecular complexity index is 450. The zero-order chi connectivity index (χ0) is 15.1. The second-order valence-corrected chi connectivity index (χ2v) is 5.64. The van der Waals surface area contributed by atoms with Gasteiger partial charge in [0.1, 0.15) is 11.9 Å². The number of hydrogen-bond donors (Lipinski definition) is 2. The molecule has 1 saturated heterocycles. The lowest BCUT2D eigenvalue weighted by Gasteiger charge is -2.31. The van der Waals surface area contributed by atoms with Crippen LogP contribution in [0.5, 0.6) is 0 Å². The quantitative estimate of drug-likeness (QED) is 0.782. The summed E-state index contributed by atoms with van der Waals surface area (Å²) in [6.45, 7) is 1.19. The van der Waals surface area contributed by atoms with Gasteiger partial charge < -0.3 is 24.3 Å². The minimum absolute atomic E-state index is 0.0482. The summed E-state index contributed by atoms with van der Waals surface area (Å²) >= 11 is 1.64. The molecule has 0 bridgehead atoms. The molecule has 1 aromatic heterocycles. The Labute approximate surface area is 128 Å². The van der Waals surface area contributed by atoms with Gasteiger partial charge in [-0.15, -0.1) is 0 Å². The molecule has 1 fully saturated rings. The van der Waals surface area contributed by atoms with E-state index in [-0.39, 0.29) is 31.3 Å². The molecular formula is C14H21NO5S. The van der Waals surface area contributed by atoms with Crippen LogP contribution in [0.2, 0.25) is 0 Å². The Morgan fingerprint density at radius 2 is 2.43 bits per heavy atom. The fraction of sp³-hybridized carbons (Fsp3) is 0.643. The van der Waals surface area contributed by atoms with Gasteiger partial charge in [-0.05, 0) is 24.8 Å². The van der Waals surface area contributed by atoms with Crippen molar-refractivity contribution in [3.63, 3.8) is 0 Å². The van der Waals surface area contributed by atoms with E-state index < -0.39 is 0 Å². The van der Waals surface area contributed by atoms with E-state index >= 15 is 0 Å². The molecule has 21 heavy (non-hydrogen) atoms. The number of amides is 1. The van der Waals surface area contributed by atoms with Crippen LogP contribution in [0, 0.1) is 0 Å². The molecule has 1 aromatic rings. The second kappa shape index (κ2) is 8.43. The molecule has 0 saturated carbocycles. The van der Waals surface area contributed by atoms with Crippen LogP contribution in [0.15, 0.2) is 16.5 Å². The average molecular weight is 315 g/mol. The minimum atomic E-state index is -0.244. The van der Waals surface area contributed by atoms with Gasteiger partial charge in [0.15, 0.2) is 5.76 Å². The van der Waals surface area contributed by atoms with E-state index in [1.807, 2.05) is 12.3 Å². The highest BCUT2D eigenvalue weighted by atomic mass is 32.2. The molecule has 6 nitrogen and oxygen atoms in total. The van der Waals surface area contributed by atoms with Crippen molar-refractivity contribution in [3.8, 4) is 0 Å². The van der Waals surface area contributed by atoms with Gasteiger partial charge in [-0.3, -0.25) is 4.79 Å². The van der Waals surface area contributed by atoms with Crippen LogP contribution in [-0.4, -0.2) is 55.8 Å². The molecule has 0 aliphatic carbocycles. The van der Waals surface area contributed by atoms with Crippen molar-refractivity contribution in [3.05, 3.63) is 23.7 Å². The molecule has 1 aliphatic rings. The molecule has 0 radical (unpaired) electrons. The average Bonchev–Trinajstić information content (AvgIpc) is 2.95. The van der Waals surface area contributed by atoms with E-state index in [0.717, 1.165) is 11.5 Å². The largest absolute Gasteiger partial charge is 0.455 e. The van der Waals surface area contributed by atoms with Crippen molar-refractivity contribution in [1.82, 2.24) is 5.32 Å². The number of carbonyl (C=O) groups is 1. The molecular weight excluding hydrogens is 294 g/mol. The van der Waals surface area contributed by atoms with Crippen molar-refractivity contribution in [2.45, 2.75) is 24.3 Å². The van der Waals surface area contributed by atoms with E-state index in [1.165, 1.54) is 0 Å². The number of aliphatic hydroxyl groups excluding tert-OH is 1. The molecule has 118 valence electrons. The third kappa shape index (κ3) is 4.74. The first kappa shape index (κ1) is 16.4. The van der Waals surface area contributed by atoms with Crippen LogP contribution in [0.1, 0.15) is 22.7 Å². The molecule has 2 rings (SSSR count). The van der Waals surface area contributed by atoms with Gasteiger partial charge >= 0.3 is 0 Å². The Balaban J connectivity index is 1.92. The van der Waals surface area contributed by atoms with Crippen molar-refractivity contribution in [1.29, 1.82) is 0 Å². The standard InChI is InChI=1S/C14H21NO5S/c1-21-9-10-2-3-12(20-10)14(17)15-11-4-6-18-8-13(11)19-7-5-16/h2-3,11,13,16H,4-9H2,1H3,(H,15,17)/t11-,13-/m1/s1. The Morgan fingerprint density at radius 3 is 3.19 bits per heavy atom. The van der Waals surface area contributed by atoms with E-state index in [9.17, 15) is 4.79 Å². The molecule has 2 atom stereocenters. The summed E-state index contributed by atoms with van der Waals surface area (Å²) < 4.78 is 16.3. The van der Waals surface area contributed by atoms with Gasteiger partial charge in [-0.25, -0.2) is 0 Å². The van der Waals surface area contributed by atoms with E-state index in [1.54, 1.807) is 17.8 Å². The molecule has 0 unspecified atom stereocenters. The first-order chi connectivity index (χ1) is 10.2. The first-order valence-electron chi connectivity index (χ1n) is 6.93. The van der Waals surface area contributed by atoms with Crippen LogP contribution in [-0.2, 0) is 15.2 Å². The van der Waals surface area contributed by atoms with Crippen molar-refractivity contribution in [2.24, 2.45) is 0 Å². The topological polar surface area (TPSA) is 80.9 Å². The SMILES string of the molecule is CSCc1ccc(C(=O)N[C@@H]2CCOC[C@H]2OCCO)o1. The smallest absolute Gasteiger partial charge is 0.287 e. The highest BCUT2D eigenvalue weighted by Gasteiger charge is 2.28. The fourth-order valence-corrected chi connectivity index (χ4v) is 2.64. The lowest BCUT2D eigenvalue weighted by Crippen LogP contribution is -2.50. The number of hydrogen-bond acceptors (Lipinski definition) is 6. The number of thioether (sulfide) groups is 1. The summed E-state index contributed by atoms with van der Waals surface area (Å²) in [4.78, 5) is 12.2. The summed E-state index contributed by atoms with van der Waals surface area (Å²) in [5.41, 5.74) is 0. The van der Waals surface area contributed by atoms with Crippen molar-refractivity contribution in [2.75, 3.05) is 32.7 Å². The lowest BCUT2D eigenvalue weighted by molar-refractivity contribution is -0.0738. The van der Waals surface area contributed by atoms with Gasteiger partial charge in [-0.1, -0.05) is 0 Å². The Morgan fingerprint density at radius 1 is 1.57 bits per heavy atom. The zero-order valence-electron chi connectivity index (χ0n) is 12.0. The maximum atomic E-state index is 12.2. The number of nitrogens with one attached hydrogen (secondary N) is 1. The third-order valence-electron chi connectivity index (χ3n) is 3.22. The lowest BCUT2D eigenvalue weighted by atomic mass is 10.1. The van der Waals surface area contributed by atoms with Crippen LogP contribution in [0.4, 0.5) is 0 Å². The molecule has 2 heterocycles. The summed E-state index contributed by atoms with van der Waals surface area (Å²) in [5.74, 6) is 1.60. The van der Waals surface area contributed by atoms with Crippen LogP contribution < -0.4 is 5.32 Å². The molecule has 0 aromatic carbocycles. The number of carbonyl (C=O) groups excluding carboxylic acids is 1. The minimum Gasteiger partial charge on any atom is -0.455 e. The molecule has 7 heteroatoms. The normalized spacial score (nSPS) is 22.2. The number of aliphatic hydroxyl groups is 1. The monoisotopic (exact) mass is 315 g/mol. The van der Waals surface area contributed by atoms with Crippen LogP contribution in [0.3, 0.4) is 0 Å². The van der Waals surface area contributed by atoms with Gasteiger partial charge in [0.25, 0.3) is 5.91 Å². The highest BCUT2D eigenvalue weighted by molar-refractivity contribution is 7.97. The van der Waals surface area contributed by atoms with Gasteiger partial charge in [0, 0.05) is 6.61 Å². The van der Waals surface area contributed by atoms with E-state index in [4.69, 9.17) is 19.0 Å². The molecule has 1 aliphatic heterocycles. The Hall–Kier alpha value is -1.02. The van der Waals surface area contributed by atoms with Gasteiger partial charge in [0.2, 0.25) is 0 Å². The zero-order valence-corrected chi connectivity index (χ0v) is 12.9. The predicted octanol–water partition coefficient (Wildman–Crippen LogP) is 1.04. The van der Waals surface area contributed by atoms with Gasteiger partial charge in [-0.2, -0.15) is 11.8 Å². The second-order valence-electron chi connectivity index (χ2n) is 4.78. The van der Waals surface area contributed by atoms with Crippen LogP contribution >= 0.6 is 11.8 Å². The Kier molecular flexibility index (Phi) is 6.56. The van der Waals surface area contributed by atoms with Crippen molar-refractivity contribution >= 4 is 17.7 Å². The van der Waals surface area contributed by atoms with Crippen molar-refractivity contribution < 1.29 is 23.8 Å². The van der Waals surface area contributed by atoms with E-state index in [0.29, 0.717) is 25.4 Å². The summed E-state index contributed by atoms with van der Waals surface area (Å²) in [6.07, 6.45) is 2.42. The fourth-order valence-electron chi connectivity index (χ4n) is 2.20. The summed E-state index contributed by atoms with van der Waals surface area (Å²) in [5, 5.41) is 11.7.